The molecule has 0 fully saturated rings. The van der Waals surface area contributed by atoms with Crippen LogP contribution in [-0.4, -0.2) is 29.9 Å². The fraction of sp³-hybridized carbons (Fsp3) is 0.273. The lowest BCUT2D eigenvalue weighted by Gasteiger charge is -2.26. The molecule has 0 aliphatic heterocycles. The fourth-order valence-electron chi connectivity index (χ4n) is 3.07. The van der Waals surface area contributed by atoms with Crippen LogP contribution in [0.5, 0.6) is 5.75 Å². The average Bonchev–Trinajstić information content (AvgIpc) is 3.19. The predicted molar refractivity (Wildman–Crippen MR) is 114 cm³/mol. The Bertz CT molecular complexity index is 1000. The van der Waals surface area contributed by atoms with Gasteiger partial charge in [0.1, 0.15) is 5.75 Å². The summed E-state index contributed by atoms with van der Waals surface area (Å²) in [5.74, 6) is 1.78. The lowest BCUT2D eigenvalue weighted by molar-refractivity contribution is -0.131. The minimum atomic E-state index is -0.119. The second-order valence-corrected chi connectivity index (χ2v) is 7.51. The molecule has 152 valence electrons. The summed E-state index contributed by atoms with van der Waals surface area (Å²) in [5, 5.41) is 1.04. The lowest BCUT2D eigenvalue weighted by atomic mass is 10.1. The van der Waals surface area contributed by atoms with Crippen molar-refractivity contribution in [1.82, 2.24) is 9.88 Å². The predicted octanol–water partition coefficient (Wildman–Crippen LogP) is 5.81. The molecule has 1 atom stereocenters. The van der Waals surface area contributed by atoms with Crippen LogP contribution < -0.4 is 4.74 Å². The van der Waals surface area contributed by atoms with Crippen LogP contribution in [0.2, 0.25) is 10.0 Å². The van der Waals surface area contributed by atoms with Crippen molar-refractivity contribution in [2.24, 2.45) is 0 Å². The maximum Gasteiger partial charge on any atom is 0.223 e. The summed E-state index contributed by atoms with van der Waals surface area (Å²) in [7, 11) is 3.41. The number of hydrogen-bond donors (Lipinski definition) is 0. The van der Waals surface area contributed by atoms with Gasteiger partial charge >= 0.3 is 0 Å². The van der Waals surface area contributed by atoms with Crippen LogP contribution in [-0.2, 0) is 11.2 Å². The Kier molecular flexibility index (Phi) is 6.83. The first-order chi connectivity index (χ1) is 13.9. The van der Waals surface area contributed by atoms with E-state index in [0.717, 1.165) is 11.3 Å². The average molecular weight is 433 g/mol. The van der Waals surface area contributed by atoms with Gasteiger partial charge in [-0.3, -0.25) is 4.79 Å². The molecule has 3 rings (SSSR count). The molecular formula is C22H22Cl2N2O3. The third-order valence-electron chi connectivity index (χ3n) is 4.87. The quantitative estimate of drug-likeness (QED) is 0.472. The molecule has 1 aromatic heterocycles. The minimum absolute atomic E-state index is 0.00678. The third kappa shape index (κ3) is 4.92. The monoisotopic (exact) mass is 432 g/mol. The first-order valence-electron chi connectivity index (χ1n) is 9.19. The maximum atomic E-state index is 12.7. The largest absolute Gasteiger partial charge is 0.496 e. The van der Waals surface area contributed by atoms with Gasteiger partial charge in [-0.05, 0) is 31.2 Å². The molecule has 0 saturated heterocycles. The SMILES string of the molecule is COc1ccccc1[C@H](C)N(C)C(=O)CCc1ncc(-c2ccc(Cl)cc2Cl)o1. The summed E-state index contributed by atoms with van der Waals surface area (Å²) in [5.41, 5.74) is 1.67. The van der Waals surface area contributed by atoms with Gasteiger partial charge in [-0.15, -0.1) is 0 Å². The second kappa shape index (κ2) is 9.33. The van der Waals surface area contributed by atoms with Crippen molar-refractivity contribution in [3.05, 3.63) is 70.2 Å². The molecule has 0 radical (unpaired) electrons. The van der Waals surface area contributed by atoms with E-state index in [0.29, 0.717) is 33.7 Å². The van der Waals surface area contributed by atoms with E-state index in [2.05, 4.69) is 4.98 Å². The minimum Gasteiger partial charge on any atom is -0.496 e. The highest BCUT2D eigenvalue weighted by molar-refractivity contribution is 6.36. The van der Waals surface area contributed by atoms with E-state index >= 15 is 0 Å². The number of aryl methyl sites for hydroxylation is 1. The molecule has 0 spiro atoms. The Morgan fingerprint density at radius 1 is 1.24 bits per heavy atom. The van der Waals surface area contributed by atoms with Crippen molar-refractivity contribution >= 4 is 29.1 Å². The van der Waals surface area contributed by atoms with Crippen molar-refractivity contribution in [3.63, 3.8) is 0 Å². The number of methoxy groups -OCH3 is 1. The summed E-state index contributed by atoms with van der Waals surface area (Å²) in [6, 6.07) is 12.7. The van der Waals surface area contributed by atoms with Gasteiger partial charge in [0, 0.05) is 36.0 Å². The van der Waals surface area contributed by atoms with E-state index in [-0.39, 0.29) is 18.4 Å². The van der Waals surface area contributed by atoms with Crippen LogP contribution in [0.3, 0.4) is 0 Å². The number of carbonyl (C=O) groups excluding carboxylic acids is 1. The highest BCUT2D eigenvalue weighted by atomic mass is 35.5. The molecule has 0 bridgehead atoms. The number of oxazole rings is 1. The summed E-state index contributed by atoms with van der Waals surface area (Å²) in [6.45, 7) is 1.97. The molecule has 0 saturated carbocycles. The van der Waals surface area contributed by atoms with Gasteiger partial charge in [0.05, 0.1) is 24.4 Å². The summed E-state index contributed by atoms with van der Waals surface area (Å²) in [4.78, 5) is 18.7. The van der Waals surface area contributed by atoms with Crippen molar-refractivity contribution in [1.29, 1.82) is 0 Å². The highest BCUT2D eigenvalue weighted by Crippen LogP contribution is 2.31. The number of hydrogen-bond acceptors (Lipinski definition) is 4. The molecule has 0 N–H and O–H groups in total. The van der Waals surface area contributed by atoms with Gasteiger partial charge in [0.15, 0.2) is 11.7 Å². The van der Waals surface area contributed by atoms with Gasteiger partial charge in [-0.2, -0.15) is 0 Å². The second-order valence-electron chi connectivity index (χ2n) is 6.66. The first kappa shape index (κ1) is 21.2. The number of ether oxygens (including phenoxy) is 1. The standard InChI is InChI=1S/C22H22Cl2N2O3/c1-14(16-6-4-5-7-19(16)28-3)26(2)22(27)11-10-21-25-13-20(29-21)17-9-8-15(23)12-18(17)24/h4-9,12-14H,10-11H2,1-3H3/t14-/m0/s1. The molecule has 1 amide bonds. The Morgan fingerprint density at radius 2 is 2.00 bits per heavy atom. The number of carbonyl (C=O) groups is 1. The Labute approximate surface area is 180 Å². The van der Waals surface area contributed by atoms with E-state index in [1.54, 1.807) is 43.5 Å². The van der Waals surface area contributed by atoms with Crippen molar-refractivity contribution in [2.75, 3.05) is 14.2 Å². The van der Waals surface area contributed by atoms with Crippen LogP contribution in [0.4, 0.5) is 0 Å². The van der Waals surface area contributed by atoms with E-state index in [4.69, 9.17) is 32.4 Å². The number of halogens is 2. The van der Waals surface area contributed by atoms with E-state index in [1.807, 2.05) is 31.2 Å². The molecule has 5 nitrogen and oxygen atoms in total. The van der Waals surface area contributed by atoms with Crippen LogP contribution in [0.1, 0.15) is 30.8 Å². The van der Waals surface area contributed by atoms with Crippen molar-refractivity contribution in [3.8, 4) is 17.1 Å². The summed E-state index contributed by atoms with van der Waals surface area (Å²) >= 11 is 12.1. The zero-order valence-electron chi connectivity index (χ0n) is 16.5. The Balaban J connectivity index is 1.64. The lowest BCUT2D eigenvalue weighted by Crippen LogP contribution is -2.30. The summed E-state index contributed by atoms with van der Waals surface area (Å²) < 4.78 is 11.2. The smallest absolute Gasteiger partial charge is 0.223 e. The number of rotatable bonds is 7. The zero-order chi connectivity index (χ0) is 21.0. The van der Waals surface area contributed by atoms with Crippen LogP contribution in [0.25, 0.3) is 11.3 Å². The van der Waals surface area contributed by atoms with E-state index < -0.39 is 0 Å². The molecule has 0 aliphatic carbocycles. The van der Waals surface area contributed by atoms with Crippen molar-refractivity contribution in [2.45, 2.75) is 25.8 Å². The summed E-state index contributed by atoms with van der Waals surface area (Å²) in [6.07, 6.45) is 2.29. The molecule has 0 unspecified atom stereocenters. The van der Waals surface area contributed by atoms with Crippen LogP contribution in [0.15, 0.2) is 53.1 Å². The third-order valence-corrected chi connectivity index (χ3v) is 5.41. The highest BCUT2D eigenvalue weighted by Gasteiger charge is 2.21. The van der Waals surface area contributed by atoms with Gasteiger partial charge < -0.3 is 14.1 Å². The van der Waals surface area contributed by atoms with Gasteiger partial charge in [0.25, 0.3) is 0 Å². The molecule has 2 aromatic carbocycles. The van der Waals surface area contributed by atoms with Gasteiger partial charge in [-0.1, -0.05) is 41.4 Å². The fourth-order valence-corrected chi connectivity index (χ4v) is 3.57. The maximum absolute atomic E-state index is 12.7. The van der Waals surface area contributed by atoms with Crippen molar-refractivity contribution < 1.29 is 13.9 Å². The molecule has 3 aromatic rings. The topological polar surface area (TPSA) is 55.6 Å². The molecular weight excluding hydrogens is 411 g/mol. The molecule has 0 aliphatic rings. The van der Waals surface area contributed by atoms with E-state index in [9.17, 15) is 4.79 Å². The van der Waals surface area contributed by atoms with Crippen LogP contribution in [0, 0.1) is 0 Å². The van der Waals surface area contributed by atoms with Crippen LogP contribution >= 0.6 is 23.2 Å². The number of amides is 1. The molecule has 1 heterocycles. The van der Waals surface area contributed by atoms with E-state index in [1.165, 1.54) is 0 Å². The van der Waals surface area contributed by atoms with Gasteiger partial charge in [0.2, 0.25) is 5.91 Å². The number of benzene rings is 2. The number of nitrogens with zero attached hydrogens (tertiary/aromatic N) is 2. The van der Waals surface area contributed by atoms with Gasteiger partial charge in [-0.25, -0.2) is 4.98 Å². The number of aromatic nitrogens is 1. The number of para-hydroxylation sites is 1. The molecule has 29 heavy (non-hydrogen) atoms. The first-order valence-corrected chi connectivity index (χ1v) is 9.95. The zero-order valence-corrected chi connectivity index (χ0v) is 18.0. The molecule has 7 heteroatoms. The Morgan fingerprint density at radius 3 is 2.72 bits per heavy atom. The Hall–Kier alpha value is -2.50. The normalized spacial score (nSPS) is 11.9.